The average molecular weight is 1280 g/mol. The number of allylic oxidation sites excluding steroid dienone is 3. The molecule has 20 N–H and O–H groups in total. The third-order valence-electron chi connectivity index (χ3n) is 21.7. The number of ether oxygens (including phenoxy) is 1. The summed E-state index contributed by atoms with van der Waals surface area (Å²) in [6.07, 6.45) is -3.17. The molecule has 0 radical (unpaired) electrons. The summed E-state index contributed by atoms with van der Waals surface area (Å²) < 4.78 is 32.3. The predicted octanol–water partition coefficient (Wildman–Crippen LogP) is 1.71. The van der Waals surface area contributed by atoms with E-state index >= 15 is 0 Å². The van der Waals surface area contributed by atoms with Crippen LogP contribution in [0.1, 0.15) is 150 Å². The van der Waals surface area contributed by atoms with Gasteiger partial charge in [0.15, 0.2) is 6.23 Å². The highest BCUT2D eigenvalue weighted by atomic mass is 31.2. The Balaban J connectivity index is 1.17. The van der Waals surface area contributed by atoms with Crippen LogP contribution in [-0.2, 0) is 51.9 Å². The molecule has 0 saturated carbocycles. The number of amides is 7. The van der Waals surface area contributed by atoms with E-state index in [0.29, 0.717) is 28.7 Å². The van der Waals surface area contributed by atoms with E-state index in [1.54, 1.807) is 4.57 Å². The first kappa shape index (κ1) is 69.4. The molecule has 7 amide bonds. The second-order valence-corrected chi connectivity index (χ2v) is 29.3. The van der Waals surface area contributed by atoms with Crippen LogP contribution in [-0.4, -0.2) is 133 Å². The molecule has 1 aromatic heterocycles. The number of imidazole rings is 1. The van der Waals surface area contributed by atoms with E-state index in [1.807, 2.05) is 67.5 Å². The summed E-state index contributed by atoms with van der Waals surface area (Å²) in [6, 6.07) is 1.13. The van der Waals surface area contributed by atoms with Crippen molar-refractivity contribution in [3.8, 4) is 0 Å². The summed E-state index contributed by atoms with van der Waals surface area (Å²) in [5, 5.41) is 40.2. The molecule has 6 aliphatic rings. The number of aliphatic hydroxyl groups is 2. The molecular formula is C62H96N13O14P. The quantitative estimate of drug-likeness (QED) is 0.0596. The number of carbonyl (C=O) groups is 7. The van der Waals surface area contributed by atoms with Gasteiger partial charge >= 0.3 is 7.82 Å². The maximum atomic E-state index is 14.4. The Kier molecular flexibility index (Phi) is 20.0. The SMILES string of the molecule is C/C1=C2/NC(C)(C3NC(/C(C)=C4\NC(/C=C5\NC1C(C)(CC(N)=O)C5CCC(N)=O)C(C)(C)C4CCC(N)=O)C(C)(CCC(=O)NCC(C)OP(=O)(O)OC1C(CO)OC(n4cnc5cc(C)c(C)cc54)C1O)C3CC(N)=O)C(C)(CC(N)=O)C2CCC(N)=O. The molecule has 6 aliphatic heterocycles. The number of aryl methyl sites for hydroxylation is 2. The number of nitrogens with one attached hydrogen (secondary N) is 5. The minimum atomic E-state index is -5.05. The van der Waals surface area contributed by atoms with E-state index < -0.39 is 156 Å². The first-order chi connectivity index (χ1) is 41.8. The van der Waals surface area contributed by atoms with Crippen molar-refractivity contribution in [2.24, 2.45) is 79.7 Å². The van der Waals surface area contributed by atoms with Gasteiger partial charge in [-0.1, -0.05) is 34.6 Å². The normalized spacial score (nSPS) is 36.7. The molecule has 27 nitrogen and oxygen atoms in total. The van der Waals surface area contributed by atoms with Gasteiger partial charge in [-0.2, -0.15) is 0 Å². The first-order valence-electron chi connectivity index (χ1n) is 31.1. The molecule has 2 aromatic rings. The van der Waals surface area contributed by atoms with Gasteiger partial charge in [0.25, 0.3) is 0 Å². The zero-order chi connectivity index (χ0) is 66.7. The molecule has 1 aromatic carbocycles. The number of fused-ring (bicyclic) bond motifs is 10. The Labute approximate surface area is 525 Å². The van der Waals surface area contributed by atoms with Gasteiger partial charge in [-0.25, -0.2) is 9.55 Å². The number of nitrogens with zero attached hydrogens (tertiary/aromatic N) is 2. The van der Waals surface area contributed by atoms with Crippen LogP contribution >= 0.6 is 7.82 Å². The molecule has 18 atom stereocenters. The Morgan fingerprint density at radius 2 is 1.36 bits per heavy atom. The fourth-order valence-electron chi connectivity index (χ4n) is 16.6. The Morgan fingerprint density at radius 3 is 1.94 bits per heavy atom. The Morgan fingerprint density at radius 1 is 0.767 bits per heavy atom. The lowest BCUT2D eigenvalue weighted by atomic mass is 9.56. The van der Waals surface area contributed by atoms with Crippen molar-refractivity contribution < 1.29 is 67.0 Å². The van der Waals surface area contributed by atoms with E-state index in [9.17, 15) is 53.2 Å². The van der Waals surface area contributed by atoms with Crippen LogP contribution in [0.25, 0.3) is 11.0 Å². The monoisotopic (exact) mass is 1280 g/mol. The minimum Gasteiger partial charge on any atom is -0.394 e. The van der Waals surface area contributed by atoms with Crippen molar-refractivity contribution in [2.45, 2.75) is 207 Å². The molecule has 90 heavy (non-hydrogen) atoms. The molecule has 28 heteroatoms. The molecule has 8 bridgehead atoms. The smallest absolute Gasteiger partial charge is 0.394 e. The van der Waals surface area contributed by atoms with Crippen molar-refractivity contribution in [1.29, 1.82) is 0 Å². The Bertz CT molecular complexity index is 3330. The second kappa shape index (κ2) is 25.9. The predicted molar refractivity (Wildman–Crippen MR) is 332 cm³/mol. The van der Waals surface area contributed by atoms with Crippen molar-refractivity contribution >= 4 is 60.2 Å². The zero-order valence-corrected chi connectivity index (χ0v) is 54.5. The highest BCUT2D eigenvalue weighted by molar-refractivity contribution is 7.47. The maximum Gasteiger partial charge on any atom is 0.472 e. The van der Waals surface area contributed by atoms with E-state index in [-0.39, 0.29) is 76.7 Å². The van der Waals surface area contributed by atoms with Crippen LogP contribution in [0.15, 0.2) is 52.8 Å². The van der Waals surface area contributed by atoms with Gasteiger partial charge < -0.3 is 85.4 Å². The van der Waals surface area contributed by atoms with Crippen LogP contribution in [0, 0.1) is 59.2 Å². The fraction of sp³-hybridized carbons (Fsp3) is 0.677. The van der Waals surface area contributed by atoms with Gasteiger partial charge in [0.2, 0.25) is 41.4 Å². The third-order valence-corrected chi connectivity index (χ3v) is 22.8. The van der Waals surface area contributed by atoms with Gasteiger partial charge in [0, 0.05) is 109 Å². The van der Waals surface area contributed by atoms with Gasteiger partial charge in [-0.3, -0.25) is 42.6 Å². The second-order valence-electron chi connectivity index (χ2n) is 28.0. The van der Waals surface area contributed by atoms with Crippen molar-refractivity contribution in [1.82, 2.24) is 36.1 Å². The zero-order valence-electron chi connectivity index (χ0n) is 53.6. The summed E-state index contributed by atoms with van der Waals surface area (Å²) >= 11 is 0. The lowest BCUT2D eigenvalue weighted by Gasteiger charge is -2.49. The first-order valence-corrected chi connectivity index (χ1v) is 32.6. The number of phosphoric acid groups is 1. The molecule has 498 valence electrons. The standard InChI is InChI=1S/C62H96N13O14P/c1-29-20-39-40(21-30(29)2)75(28-70-39)57-52(84)53(41(27-76)87-57)89-90(85,86)88-31(3)26-69-49(83)18-19-59(8)37(22-46(66)80)56-62(11)61(10,25-48(68)82)36(14-17-45(65)79)51(74-62)33(5)55-60(9,24-47(67)81)34(12-15-43(63)77)38(71-55)23-42-58(6,7)35(13-16-44(64)78)50(72-42)32(4)54(59)73-56/h20-21,23,28,31,34-37,41-42,52-57,71-74,76,84H,12-19,22,24-27H2,1-11H3,(H2,63,77)(H2,64,78)(H2,65,79)(H2,66,80)(H2,67,81)(H2,68,82)(H,69,83)(H,85,86)/b38-23-,50-32-,51-33-. The number of aromatic nitrogens is 2. The largest absolute Gasteiger partial charge is 0.472 e. The summed E-state index contributed by atoms with van der Waals surface area (Å²) in [5.74, 6) is -6.32. The lowest BCUT2D eigenvalue weighted by Crippen LogP contribution is -2.64. The fourth-order valence-corrected chi connectivity index (χ4v) is 17.7. The summed E-state index contributed by atoms with van der Waals surface area (Å²) in [6.45, 7) is 20.1. The number of nitrogens with two attached hydrogens (primary N) is 6. The third kappa shape index (κ3) is 13.2. The number of benzene rings is 1. The number of primary amides is 6. The van der Waals surface area contributed by atoms with Crippen LogP contribution in [0.4, 0.5) is 0 Å². The minimum absolute atomic E-state index is 0.0214. The van der Waals surface area contributed by atoms with E-state index in [1.165, 1.54) is 13.3 Å². The van der Waals surface area contributed by atoms with Crippen molar-refractivity contribution in [3.05, 3.63) is 63.9 Å². The highest BCUT2D eigenvalue weighted by Gasteiger charge is 2.68. The van der Waals surface area contributed by atoms with Crippen LogP contribution in [0.3, 0.4) is 0 Å². The van der Waals surface area contributed by atoms with Crippen LogP contribution in [0.5, 0.6) is 0 Å². The van der Waals surface area contributed by atoms with Gasteiger partial charge in [0.05, 0.1) is 47.7 Å². The molecule has 0 spiro atoms. The molecule has 5 saturated heterocycles. The number of hydrogen-bond acceptors (Lipinski definition) is 18. The van der Waals surface area contributed by atoms with Crippen LogP contribution in [0.2, 0.25) is 0 Å². The molecule has 0 aliphatic carbocycles. The molecular weight excluding hydrogens is 1180 g/mol. The molecule has 8 rings (SSSR count). The maximum absolute atomic E-state index is 14.4. The topological polar surface area (TPSA) is 459 Å². The van der Waals surface area contributed by atoms with Crippen molar-refractivity contribution in [2.75, 3.05) is 13.2 Å². The highest BCUT2D eigenvalue weighted by Crippen LogP contribution is 2.62. The molecule has 18 unspecified atom stereocenters. The number of rotatable bonds is 26. The number of hydrogen-bond donors (Lipinski definition) is 14. The number of aliphatic hydroxyl groups excluding tert-OH is 2. The number of carbonyl (C=O) groups excluding carboxylic acids is 7. The van der Waals surface area contributed by atoms with E-state index in [4.69, 9.17) is 48.2 Å². The number of phosphoric ester groups is 1. The van der Waals surface area contributed by atoms with Gasteiger partial charge in [-0.05, 0) is 124 Å². The Hall–Kier alpha value is -6.45. The molecule has 5 fully saturated rings. The summed E-state index contributed by atoms with van der Waals surface area (Å²) in [4.78, 5) is 109. The van der Waals surface area contributed by atoms with E-state index in [0.717, 1.165) is 28.1 Å². The van der Waals surface area contributed by atoms with Crippen LogP contribution < -0.4 is 61.0 Å². The summed E-state index contributed by atoms with van der Waals surface area (Å²) in [7, 11) is -5.05. The summed E-state index contributed by atoms with van der Waals surface area (Å²) in [5.41, 5.74) is 38.0. The average Bonchev–Trinajstić information content (AvgIpc) is 1.53. The lowest BCUT2D eigenvalue weighted by molar-refractivity contribution is -0.124. The van der Waals surface area contributed by atoms with Gasteiger partial charge in [-0.15, -0.1) is 0 Å². The van der Waals surface area contributed by atoms with Gasteiger partial charge in [0.1, 0.15) is 18.3 Å². The van der Waals surface area contributed by atoms with Crippen molar-refractivity contribution in [3.63, 3.8) is 0 Å². The molecule has 7 heterocycles. The van der Waals surface area contributed by atoms with E-state index in [2.05, 4.69) is 51.5 Å².